The normalized spacial score (nSPS) is 13.6. The summed E-state index contributed by atoms with van der Waals surface area (Å²) in [7, 11) is 0. The van der Waals surface area contributed by atoms with Gasteiger partial charge in [0.2, 0.25) is 0 Å². The van der Waals surface area contributed by atoms with Crippen molar-refractivity contribution in [3.63, 3.8) is 0 Å². The van der Waals surface area contributed by atoms with Gasteiger partial charge < -0.3 is 0 Å². The topological polar surface area (TPSA) is 37.4 Å². The van der Waals surface area contributed by atoms with Crippen molar-refractivity contribution in [3.8, 4) is 0 Å². The third-order valence-corrected chi connectivity index (χ3v) is 6.37. The predicted octanol–water partition coefficient (Wildman–Crippen LogP) is 7.12. The van der Waals surface area contributed by atoms with Crippen LogP contribution >= 0.6 is 15.9 Å². The minimum absolute atomic E-state index is 0.155. The Morgan fingerprint density at radius 3 is 1.96 bits per heavy atom. The molecule has 1 aliphatic heterocycles. The molecule has 2 amide bonds. The zero-order valence-corrected chi connectivity index (χ0v) is 18.4. The van der Waals surface area contributed by atoms with Crippen molar-refractivity contribution in [1.29, 1.82) is 0 Å². The van der Waals surface area contributed by atoms with Crippen molar-refractivity contribution in [3.05, 3.63) is 45.9 Å². The van der Waals surface area contributed by atoms with E-state index in [1.54, 1.807) is 0 Å². The molecule has 0 atom stereocenters. The molecule has 0 bridgehead atoms. The van der Waals surface area contributed by atoms with Gasteiger partial charge in [-0.1, -0.05) is 92.8 Å². The summed E-state index contributed by atoms with van der Waals surface area (Å²) in [6.07, 6.45) is 12.4. The first kappa shape index (κ1) is 21.0. The maximum atomic E-state index is 12.9. The largest absolute Gasteiger partial charge is 0.274 e. The fourth-order valence-electron chi connectivity index (χ4n) is 4.07. The fourth-order valence-corrected chi connectivity index (χ4v) is 4.53. The smallest absolute Gasteiger partial charge is 0.261 e. The molecule has 28 heavy (non-hydrogen) atoms. The molecular formula is C24H30BrNO2. The number of benzene rings is 2. The molecular weight excluding hydrogens is 414 g/mol. The van der Waals surface area contributed by atoms with Gasteiger partial charge in [0.1, 0.15) is 0 Å². The van der Waals surface area contributed by atoms with Crippen LogP contribution < -0.4 is 0 Å². The Balaban J connectivity index is 1.51. The lowest BCUT2D eigenvalue weighted by Crippen LogP contribution is -2.40. The first-order chi connectivity index (χ1) is 13.6. The number of unbranched alkanes of at least 4 members (excludes halogenated alkanes) is 9. The third kappa shape index (κ3) is 4.65. The minimum Gasteiger partial charge on any atom is -0.274 e. The van der Waals surface area contributed by atoms with Gasteiger partial charge in [-0.05, 0) is 30.0 Å². The van der Waals surface area contributed by atoms with Gasteiger partial charge >= 0.3 is 0 Å². The summed E-state index contributed by atoms with van der Waals surface area (Å²) in [6, 6.07) is 9.39. The molecule has 3 rings (SSSR count). The number of halogens is 1. The molecule has 0 saturated heterocycles. The molecule has 0 aliphatic carbocycles. The number of hydrogen-bond donors (Lipinski definition) is 0. The maximum Gasteiger partial charge on any atom is 0.261 e. The van der Waals surface area contributed by atoms with Gasteiger partial charge in [-0.25, -0.2) is 0 Å². The van der Waals surface area contributed by atoms with Crippen molar-refractivity contribution in [2.75, 3.05) is 6.54 Å². The van der Waals surface area contributed by atoms with Gasteiger partial charge in [0.25, 0.3) is 11.8 Å². The van der Waals surface area contributed by atoms with Gasteiger partial charge in [0.15, 0.2) is 0 Å². The van der Waals surface area contributed by atoms with Gasteiger partial charge in [0, 0.05) is 27.5 Å². The summed E-state index contributed by atoms with van der Waals surface area (Å²) < 4.78 is 0.914. The van der Waals surface area contributed by atoms with Crippen molar-refractivity contribution >= 4 is 38.5 Å². The zero-order chi connectivity index (χ0) is 19.9. The summed E-state index contributed by atoms with van der Waals surface area (Å²) in [5.41, 5.74) is 1.28. The SMILES string of the molecule is CCCCCCCCCCCCN1C(=O)c2cccc3c(Br)ccc(c23)C1=O. The van der Waals surface area contributed by atoms with E-state index in [-0.39, 0.29) is 11.8 Å². The van der Waals surface area contributed by atoms with E-state index < -0.39 is 0 Å². The lowest BCUT2D eigenvalue weighted by molar-refractivity contribution is 0.0607. The van der Waals surface area contributed by atoms with Crippen molar-refractivity contribution < 1.29 is 9.59 Å². The number of amides is 2. The Morgan fingerprint density at radius 2 is 1.32 bits per heavy atom. The number of carbonyl (C=O) groups excluding carboxylic acids is 2. The van der Waals surface area contributed by atoms with E-state index in [0.717, 1.165) is 28.1 Å². The molecule has 0 spiro atoms. The molecule has 0 N–H and O–H groups in total. The van der Waals surface area contributed by atoms with E-state index in [1.165, 1.54) is 56.3 Å². The standard InChI is InChI=1S/C24H30BrNO2/c1-2-3-4-5-6-7-8-9-10-11-17-26-23(27)19-14-12-13-18-21(25)16-15-20(22(18)19)24(26)28/h12-16H,2-11,17H2,1H3. The van der Waals surface area contributed by atoms with Crippen LogP contribution in [0.4, 0.5) is 0 Å². The molecule has 0 radical (unpaired) electrons. The van der Waals surface area contributed by atoms with Crippen LogP contribution in [0.25, 0.3) is 10.8 Å². The Hall–Kier alpha value is -1.68. The molecule has 1 heterocycles. The molecule has 4 heteroatoms. The van der Waals surface area contributed by atoms with Gasteiger partial charge in [-0.15, -0.1) is 0 Å². The molecule has 150 valence electrons. The van der Waals surface area contributed by atoms with Crippen molar-refractivity contribution in [2.24, 2.45) is 0 Å². The number of hydrogen-bond acceptors (Lipinski definition) is 2. The molecule has 2 aromatic carbocycles. The van der Waals surface area contributed by atoms with Crippen LogP contribution in [-0.4, -0.2) is 23.3 Å². The molecule has 0 fully saturated rings. The average Bonchev–Trinajstić information content (AvgIpc) is 2.70. The highest BCUT2D eigenvalue weighted by Crippen LogP contribution is 2.34. The molecule has 0 unspecified atom stereocenters. The average molecular weight is 444 g/mol. The second-order valence-electron chi connectivity index (χ2n) is 7.77. The maximum absolute atomic E-state index is 12.9. The summed E-state index contributed by atoms with van der Waals surface area (Å²) in [5, 5.41) is 1.71. The monoisotopic (exact) mass is 443 g/mol. The summed E-state index contributed by atoms with van der Waals surface area (Å²) in [5.74, 6) is -0.311. The number of nitrogens with zero attached hydrogens (tertiary/aromatic N) is 1. The molecule has 1 aliphatic rings. The van der Waals surface area contributed by atoms with Gasteiger partial charge in [-0.2, -0.15) is 0 Å². The second kappa shape index (κ2) is 10.2. The molecule has 2 aromatic rings. The summed E-state index contributed by atoms with van der Waals surface area (Å²) in [4.78, 5) is 27.3. The Morgan fingerprint density at radius 1 is 0.750 bits per heavy atom. The number of carbonyl (C=O) groups is 2. The highest BCUT2D eigenvalue weighted by Gasteiger charge is 2.32. The van der Waals surface area contributed by atoms with Crippen LogP contribution in [0.15, 0.2) is 34.8 Å². The zero-order valence-electron chi connectivity index (χ0n) is 16.8. The quantitative estimate of drug-likeness (QED) is 0.273. The van der Waals surface area contributed by atoms with Crippen LogP contribution in [0.5, 0.6) is 0 Å². The lowest BCUT2D eigenvalue weighted by atomic mass is 9.94. The van der Waals surface area contributed by atoms with E-state index in [0.29, 0.717) is 17.7 Å². The first-order valence-electron chi connectivity index (χ1n) is 10.7. The minimum atomic E-state index is -0.155. The van der Waals surface area contributed by atoms with Crippen LogP contribution in [0.3, 0.4) is 0 Å². The Kier molecular flexibility index (Phi) is 7.66. The van der Waals surface area contributed by atoms with E-state index in [2.05, 4.69) is 22.9 Å². The molecule has 3 nitrogen and oxygen atoms in total. The third-order valence-electron chi connectivity index (χ3n) is 5.67. The molecule has 0 aromatic heterocycles. The van der Waals surface area contributed by atoms with Crippen LogP contribution in [-0.2, 0) is 0 Å². The van der Waals surface area contributed by atoms with E-state index >= 15 is 0 Å². The Labute approximate surface area is 176 Å². The van der Waals surface area contributed by atoms with E-state index in [9.17, 15) is 9.59 Å². The second-order valence-corrected chi connectivity index (χ2v) is 8.62. The van der Waals surface area contributed by atoms with Crippen molar-refractivity contribution in [2.45, 2.75) is 71.1 Å². The number of imide groups is 1. The highest BCUT2D eigenvalue weighted by molar-refractivity contribution is 9.10. The predicted molar refractivity (Wildman–Crippen MR) is 119 cm³/mol. The van der Waals surface area contributed by atoms with Crippen LogP contribution in [0.1, 0.15) is 91.8 Å². The lowest BCUT2D eigenvalue weighted by Gasteiger charge is -2.27. The summed E-state index contributed by atoms with van der Waals surface area (Å²) in [6.45, 7) is 2.76. The van der Waals surface area contributed by atoms with Crippen LogP contribution in [0, 0.1) is 0 Å². The molecule has 0 saturated carbocycles. The van der Waals surface area contributed by atoms with Crippen molar-refractivity contribution in [1.82, 2.24) is 4.90 Å². The van der Waals surface area contributed by atoms with Gasteiger partial charge in [-0.3, -0.25) is 14.5 Å². The Bertz CT molecular complexity index is 824. The van der Waals surface area contributed by atoms with Crippen LogP contribution in [0.2, 0.25) is 0 Å². The van der Waals surface area contributed by atoms with E-state index in [1.807, 2.05) is 30.3 Å². The van der Waals surface area contributed by atoms with Gasteiger partial charge in [0.05, 0.1) is 0 Å². The first-order valence-corrected chi connectivity index (χ1v) is 11.5. The van der Waals surface area contributed by atoms with E-state index in [4.69, 9.17) is 0 Å². The summed E-state index contributed by atoms with van der Waals surface area (Å²) >= 11 is 3.53. The number of rotatable bonds is 11. The highest BCUT2D eigenvalue weighted by atomic mass is 79.9. The fraction of sp³-hybridized carbons (Fsp3) is 0.500.